The number of aromatic nitrogens is 2. The molecule has 1 heterocycles. The number of nitrogens with one attached hydrogen (secondary N) is 1. The summed E-state index contributed by atoms with van der Waals surface area (Å²) in [7, 11) is 0. The van der Waals surface area contributed by atoms with Crippen molar-refractivity contribution in [3.8, 4) is 5.69 Å². The lowest BCUT2D eigenvalue weighted by molar-refractivity contribution is 0.594. The molecular formula is C15H21N3. The number of nitrogens with zero attached hydrogens (tertiary/aromatic N) is 2. The lowest BCUT2D eigenvalue weighted by atomic mass is 10.1. The van der Waals surface area contributed by atoms with Crippen molar-refractivity contribution in [3.05, 3.63) is 47.3 Å². The minimum Gasteiger partial charge on any atom is -0.310 e. The zero-order valence-corrected chi connectivity index (χ0v) is 11.6. The third-order valence-electron chi connectivity index (χ3n) is 3.37. The maximum absolute atomic E-state index is 4.53. The maximum atomic E-state index is 4.53. The van der Waals surface area contributed by atoms with Gasteiger partial charge in [0, 0.05) is 17.3 Å². The van der Waals surface area contributed by atoms with Crippen molar-refractivity contribution in [1.82, 2.24) is 15.1 Å². The Balaban J connectivity index is 2.40. The molecule has 1 aromatic carbocycles. The van der Waals surface area contributed by atoms with Gasteiger partial charge in [-0.05, 0) is 38.9 Å². The molecule has 1 atom stereocenters. The average Bonchev–Trinajstić information content (AvgIpc) is 2.72. The highest BCUT2D eigenvalue weighted by Gasteiger charge is 2.13. The summed E-state index contributed by atoms with van der Waals surface area (Å²) in [6.07, 6.45) is 1.97. The molecule has 0 bridgehead atoms. The molecule has 0 amide bonds. The van der Waals surface area contributed by atoms with E-state index in [2.05, 4.69) is 62.4 Å². The summed E-state index contributed by atoms with van der Waals surface area (Å²) >= 11 is 0. The van der Waals surface area contributed by atoms with Gasteiger partial charge < -0.3 is 5.32 Å². The molecule has 1 N–H and O–H groups in total. The highest BCUT2D eigenvalue weighted by molar-refractivity contribution is 5.41. The van der Waals surface area contributed by atoms with E-state index in [0.29, 0.717) is 6.04 Å². The highest BCUT2D eigenvalue weighted by atomic mass is 15.3. The maximum Gasteiger partial charge on any atom is 0.0677 e. The molecular weight excluding hydrogens is 222 g/mol. The van der Waals surface area contributed by atoms with Gasteiger partial charge in [0.1, 0.15) is 0 Å². The van der Waals surface area contributed by atoms with Crippen LogP contribution in [0, 0.1) is 13.8 Å². The lowest BCUT2D eigenvalue weighted by Gasteiger charge is -2.13. The summed E-state index contributed by atoms with van der Waals surface area (Å²) < 4.78 is 2.03. The largest absolute Gasteiger partial charge is 0.310 e. The van der Waals surface area contributed by atoms with E-state index in [9.17, 15) is 0 Å². The number of benzene rings is 1. The molecule has 1 aromatic heterocycles. The van der Waals surface area contributed by atoms with Gasteiger partial charge >= 0.3 is 0 Å². The van der Waals surface area contributed by atoms with Crippen molar-refractivity contribution in [3.63, 3.8) is 0 Å². The van der Waals surface area contributed by atoms with Gasteiger partial charge in [0.05, 0.1) is 11.9 Å². The molecule has 18 heavy (non-hydrogen) atoms. The molecule has 0 aliphatic heterocycles. The third-order valence-corrected chi connectivity index (χ3v) is 3.37. The van der Waals surface area contributed by atoms with Crippen LogP contribution < -0.4 is 5.32 Å². The van der Waals surface area contributed by atoms with Gasteiger partial charge in [0.25, 0.3) is 0 Å². The normalized spacial score (nSPS) is 12.7. The number of aryl methyl sites for hydroxylation is 1. The van der Waals surface area contributed by atoms with Crippen LogP contribution in [-0.4, -0.2) is 16.3 Å². The molecule has 0 spiro atoms. The molecule has 2 rings (SSSR count). The molecule has 96 valence electrons. The van der Waals surface area contributed by atoms with E-state index in [0.717, 1.165) is 12.2 Å². The van der Waals surface area contributed by atoms with Crippen molar-refractivity contribution in [2.24, 2.45) is 0 Å². The Labute approximate surface area is 109 Å². The Bertz CT molecular complexity index is 528. The summed E-state index contributed by atoms with van der Waals surface area (Å²) in [6, 6.07) is 8.67. The minimum absolute atomic E-state index is 0.341. The van der Waals surface area contributed by atoms with E-state index < -0.39 is 0 Å². The summed E-state index contributed by atoms with van der Waals surface area (Å²) in [5, 5.41) is 7.96. The second-order valence-electron chi connectivity index (χ2n) is 4.66. The van der Waals surface area contributed by atoms with Gasteiger partial charge in [0.15, 0.2) is 0 Å². The van der Waals surface area contributed by atoms with Crippen LogP contribution in [0.4, 0.5) is 0 Å². The van der Waals surface area contributed by atoms with Gasteiger partial charge in [-0.15, -0.1) is 0 Å². The monoisotopic (exact) mass is 243 g/mol. The molecule has 0 radical (unpaired) electrons. The molecule has 0 aliphatic rings. The topological polar surface area (TPSA) is 29.9 Å². The van der Waals surface area contributed by atoms with Gasteiger partial charge in [-0.25, -0.2) is 4.68 Å². The quantitative estimate of drug-likeness (QED) is 0.894. The van der Waals surface area contributed by atoms with Crippen molar-refractivity contribution in [2.75, 3.05) is 6.54 Å². The number of hydrogen-bond donors (Lipinski definition) is 1. The first-order valence-corrected chi connectivity index (χ1v) is 6.49. The van der Waals surface area contributed by atoms with E-state index in [4.69, 9.17) is 0 Å². The zero-order chi connectivity index (χ0) is 13.1. The molecule has 1 unspecified atom stereocenters. The predicted molar refractivity (Wildman–Crippen MR) is 75.1 cm³/mol. The second-order valence-corrected chi connectivity index (χ2v) is 4.66. The fourth-order valence-corrected chi connectivity index (χ4v) is 2.31. The van der Waals surface area contributed by atoms with E-state index in [1.807, 2.05) is 10.9 Å². The van der Waals surface area contributed by atoms with E-state index in [-0.39, 0.29) is 0 Å². The van der Waals surface area contributed by atoms with Crippen molar-refractivity contribution in [2.45, 2.75) is 33.7 Å². The predicted octanol–water partition coefficient (Wildman–Crippen LogP) is 3.16. The summed E-state index contributed by atoms with van der Waals surface area (Å²) in [5.41, 5.74) is 4.87. The highest BCUT2D eigenvalue weighted by Crippen LogP contribution is 2.21. The smallest absolute Gasteiger partial charge is 0.0677 e. The van der Waals surface area contributed by atoms with Crippen LogP contribution in [0.2, 0.25) is 0 Å². The van der Waals surface area contributed by atoms with E-state index in [1.165, 1.54) is 16.8 Å². The molecule has 0 saturated heterocycles. The fourth-order valence-electron chi connectivity index (χ4n) is 2.31. The van der Waals surface area contributed by atoms with Gasteiger partial charge in [0.2, 0.25) is 0 Å². The van der Waals surface area contributed by atoms with Crippen LogP contribution in [-0.2, 0) is 0 Å². The first-order valence-electron chi connectivity index (χ1n) is 6.49. The Morgan fingerprint density at radius 2 is 2.00 bits per heavy atom. The summed E-state index contributed by atoms with van der Waals surface area (Å²) in [6.45, 7) is 9.51. The molecule has 2 aromatic rings. The van der Waals surface area contributed by atoms with Crippen molar-refractivity contribution in [1.29, 1.82) is 0 Å². The Morgan fingerprint density at radius 3 is 2.67 bits per heavy atom. The van der Waals surface area contributed by atoms with Crippen LogP contribution in [0.1, 0.15) is 36.7 Å². The first kappa shape index (κ1) is 12.8. The SMILES string of the molecule is CCNC(C)c1cnn(-c2ccccc2C)c1C. The number of hydrogen-bond acceptors (Lipinski definition) is 2. The molecule has 0 saturated carbocycles. The lowest BCUT2D eigenvalue weighted by Crippen LogP contribution is -2.18. The zero-order valence-electron chi connectivity index (χ0n) is 11.6. The standard InChI is InChI=1S/C15H21N3/c1-5-16-12(3)14-10-17-18(13(14)4)15-9-7-6-8-11(15)2/h6-10,12,16H,5H2,1-4H3. The van der Waals surface area contributed by atoms with Crippen LogP contribution in [0.25, 0.3) is 5.69 Å². The van der Waals surface area contributed by atoms with E-state index in [1.54, 1.807) is 0 Å². The van der Waals surface area contributed by atoms with Crippen LogP contribution in [0.3, 0.4) is 0 Å². The van der Waals surface area contributed by atoms with Gasteiger partial charge in [-0.1, -0.05) is 25.1 Å². The average molecular weight is 243 g/mol. The van der Waals surface area contributed by atoms with E-state index >= 15 is 0 Å². The fraction of sp³-hybridized carbons (Fsp3) is 0.400. The van der Waals surface area contributed by atoms with Crippen LogP contribution in [0.5, 0.6) is 0 Å². The second kappa shape index (κ2) is 5.36. The van der Waals surface area contributed by atoms with Gasteiger partial charge in [-0.3, -0.25) is 0 Å². The number of para-hydroxylation sites is 1. The molecule has 0 aliphatic carbocycles. The Hall–Kier alpha value is -1.61. The van der Waals surface area contributed by atoms with Gasteiger partial charge in [-0.2, -0.15) is 5.10 Å². The molecule has 3 nitrogen and oxygen atoms in total. The molecule has 0 fully saturated rings. The first-order chi connectivity index (χ1) is 8.65. The molecule has 3 heteroatoms. The number of rotatable bonds is 4. The summed E-state index contributed by atoms with van der Waals surface area (Å²) in [4.78, 5) is 0. The Morgan fingerprint density at radius 1 is 1.28 bits per heavy atom. The summed E-state index contributed by atoms with van der Waals surface area (Å²) in [5.74, 6) is 0. The minimum atomic E-state index is 0.341. The van der Waals surface area contributed by atoms with Crippen molar-refractivity contribution < 1.29 is 0 Å². The Kier molecular flexibility index (Phi) is 3.82. The van der Waals surface area contributed by atoms with Crippen LogP contribution >= 0.6 is 0 Å². The van der Waals surface area contributed by atoms with Crippen LogP contribution in [0.15, 0.2) is 30.5 Å². The third kappa shape index (κ3) is 2.31. The van der Waals surface area contributed by atoms with Crippen molar-refractivity contribution >= 4 is 0 Å².